The third kappa shape index (κ3) is 3.04. The smallest absolute Gasteiger partial charge is 0.387 e. The molecule has 0 radical (unpaired) electrons. The third-order valence-electron chi connectivity index (χ3n) is 5.51. The fourth-order valence-corrected chi connectivity index (χ4v) is 5.96. The zero-order chi connectivity index (χ0) is 21.0. The Bertz CT molecular complexity index is 1150. The Kier molecular flexibility index (Phi) is 4.86. The van der Waals surface area contributed by atoms with Crippen molar-refractivity contribution < 1.29 is 23.0 Å². The first kappa shape index (κ1) is 19.6. The lowest BCUT2D eigenvalue weighted by molar-refractivity contribution is -0.142. The van der Waals surface area contributed by atoms with Crippen LogP contribution in [0.4, 0.5) is 8.78 Å². The number of carbonyl (C=O) groups excluding carboxylic acids is 1. The van der Waals surface area contributed by atoms with Gasteiger partial charge in [-0.25, -0.2) is 4.98 Å². The molecule has 2 bridgehead atoms. The average Bonchev–Trinajstić information content (AvgIpc) is 3.17. The van der Waals surface area contributed by atoms with Crippen molar-refractivity contribution in [2.45, 2.75) is 42.1 Å². The lowest BCUT2D eigenvalue weighted by atomic mass is 9.95. The van der Waals surface area contributed by atoms with Crippen molar-refractivity contribution in [3.05, 3.63) is 52.8 Å². The van der Waals surface area contributed by atoms with Gasteiger partial charge in [-0.05, 0) is 43.7 Å². The van der Waals surface area contributed by atoms with Crippen LogP contribution in [-0.4, -0.2) is 34.0 Å². The van der Waals surface area contributed by atoms with Crippen LogP contribution < -0.4 is 4.74 Å². The molecule has 3 aromatic rings. The van der Waals surface area contributed by atoms with E-state index in [0.717, 1.165) is 21.8 Å². The average molecular weight is 451 g/mol. The summed E-state index contributed by atoms with van der Waals surface area (Å²) in [4.78, 5) is 18.3. The molecule has 9 heteroatoms. The number of aromatic nitrogens is 2. The maximum absolute atomic E-state index is 13.1. The fraction of sp³-hybridized carbons (Fsp3) is 0.333. The van der Waals surface area contributed by atoms with Crippen LogP contribution in [0.2, 0.25) is 5.02 Å². The summed E-state index contributed by atoms with van der Waals surface area (Å²) in [6.07, 6.45) is 0.540. The number of alkyl halides is 2. The topological polar surface area (TPSA) is 53.4 Å². The molecule has 0 saturated heterocycles. The number of rotatable bonds is 4. The number of ether oxygens (including phenoxy) is 2. The molecule has 1 aromatic heterocycles. The molecule has 5 rings (SSSR count). The minimum atomic E-state index is -2.95. The van der Waals surface area contributed by atoms with Crippen molar-refractivity contribution in [2.75, 3.05) is 6.61 Å². The van der Waals surface area contributed by atoms with Crippen molar-refractivity contribution in [1.29, 1.82) is 0 Å². The van der Waals surface area contributed by atoms with E-state index in [1.807, 2.05) is 22.8 Å². The molecule has 3 atom stereocenters. The highest BCUT2D eigenvalue weighted by Crippen LogP contribution is 2.55. The second kappa shape index (κ2) is 7.42. The summed E-state index contributed by atoms with van der Waals surface area (Å²) in [5.74, 6) is 0.287. The van der Waals surface area contributed by atoms with Crippen LogP contribution >= 0.6 is 23.4 Å². The Morgan fingerprint density at radius 2 is 2.20 bits per heavy atom. The maximum atomic E-state index is 13.1. The predicted molar refractivity (Wildman–Crippen MR) is 110 cm³/mol. The summed E-state index contributed by atoms with van der Waals surface area (Å²) < 4.78 is 38.5. The van der Waals surface area contributed by atoms with Crippen LogP contribution in [0.25, 0.3) is 11.0 Å². The highest BCUT2D eigenvalue weighted by atomic mass is 35.5. The highest BCUT2D eigenvalue weighted by Gasteiger charge is 2.47. The van der Waals surface area contributed by atoms with E-state index in [0.29, 0.717) is 17.0 Å². The molecule has 3 heterocycles. The van der Waals surface area contributed by atoms with Crippen LogP contribution in [0.5, 0.6) is 5.75 Å². The van der Waals surface area contributed by atoms with Crippen molar-refractivity contribution in [3.63, 3.8) is 0 Å². The number of fused-ring (bicyclic) bond motifs is 9. The number of esters is 1. The minimum absolute atomic E-state index is 0.111. The van der Waals surface area contributed by atoms with Gasteiger partial charge in [0.2, 0.25) is 0 Å². The van der Waals surface area contributed by atoms with E-state index < -0.39 is 11.9 Å². The number of nitrogens with zero attached hydrogens (tertiary/aromatic N) is 2. The first-order valence-corrected chi connectivity index (χ1v) is 10.8. The normalized spacial score (nSPS) is 22.0. The standard InChI is InChI=1S/C21H17ClF2N2O3S/c1-2-28-20(27)18-11-9-14(17-15(29-21(23)24)4-3-5-16(17)30-18)26-13-8-10(22)6-7-12(13)25-19(11)26/h3-8,11,14,18,21H,2,9H2,1H3/t11-,14-,18?/m1/s1. The van der Waals surface area contributed by atoms with Crippen LogP contribution in [0, 0.1) is 0 Å². The lowest BCUT2D eigenvalue weighted by Gasteiger charge is -2.23. The van der Waals surface area contributed by atoms with Crippen molar-refractivity contribution in [3.8, 4) is 5.75 Å². The maximum Gasteiger partial charge on any atom is 0.387 e. The minimum Gasteiger partial charge on any atom is -0.465 e. The first-order valence-electron chi connectivity index (χ1n) is 9.56. The van der Waals surface area contributed by atoms with Gasteiger partial charge >= 0.3 is 12.6 Å². The Labute approximate surface area is 180 Å². The van der Waals surface area contributed by atoms with E-state index in [2.05, 4.69) is 0 Å². The van der Waals surface area contributed by atoms with E-state index in [4.69, 9.17) is 26.1 Å². The molecule has 0 aliphatic carbocycles. The van der Waals surface area contributed by atoms with Gasteiger partial charge in [-0.2, -0.15) is 8.78 Å². The number of halogens is 3. The molecular formula is C21H17ClF2N2O3S. The van der Waals surface area contributed by atoms with Crippen molar-refractivity contribution >= 4 is 40.4 Å². The number of thioether (sulfide) groups is 1. The fourth-order valence-electron chi connectivity index (χ4n) is 4.44. The Balaban J connectivity index is 1.76. The number of hydrogen-bond acceptors (Lipinski definition) is 5. The van der Waals surface area contributed by atoms with E-state index in [1.54, 1.807) is 19.1 Å². The number of benzene rings is 2. The highest BCUT2D eigenvalue weighted by molar-refractivity contribution is 8.00. The Hall–Kier alpha value is -2.32. The van der Waals surface area contributed by atoms with E-state index in [1.165, 1.54) is 17.8 Å². The second-order valence-electron chi connectivity index (χ2n) is 7.17. The Morgan fingerprint density at radius 1 is 1.37 bits per heavy atom. The van der Waals surface area contributed by atoms with E-state index in [-0.39, 0.29) is 30.3 Å². The van der Waals surface area contributed by atoms with Crippen LogP contribution in [0.15, 0.2) is 41.3 Å². The molecule has 0 fully saturated rings. The summed E-state index contributed by atoms with van der Waals surface area (Å²) in [5.41, 5.74) is 2.18. The molecule has 0 amide bonds. The molecule has 2 aliphatic rings. The molecule has 0 N–H and O–H groups in total. The SMILES string of the molecule is CCOC(=O)C1Sc2cccc(OC(F)F)c2[C@H]2C[C@H]1c1nc3ccc(Cl)cc3n12. The third-order valence-corrected chi connectivity index (χ3v) is 7.13. The van der Waals surface area contributed by atoms with Gasteiger partial charge < -0.3 is 14.0 Å². The molecule has 2 aliphatic heterocycles. The molecule has 5 nitrogen and oxygen atoms in total. The summed E-state index contributed by atoms with van der Waals surface area (Å²) in [6, 6.07) is 10.1. The molecule has 156 valence electrons. The van der Waals surface area contributed by atoms with Gasteiger partial charge in [0.1, 0.15) is 16.8 Å². The summed E-state index contributed by atoms with van der Waals surface area (Å²) in [6.45, 7) is -0.924. The van der Waals surface area contributed by atoms with Crippen molar-refractivity contribution in [1.82, 2.24) is 9.55 Å². The van der Waals surface area contributed by atoms with Crippen LogP contribution in [0.1, 0.15) is 36.7 Å². The van der Waals surface area contributed by atoms with Crippen molar-refractivity contribution in [2.24, 2.45) is 0 Å². The zero-order valence-corrected chi connectivity index (χ0v) is 17.4. The molecule has 0 saturated carbocycles. The number of imidazole rings is 1. The summed E-state index contributed by atoms with van der Waals surface area (Å²) >= 11 is 7.56. The molecule has 2 aromatic carbocycles. The first-order chi connectivity index (χ1) is 14.5. The summed E-state index contributed by atoms with van der Waals surface area (Å²) in [7, 11) is 0. The quantitative estimate of drug-likeness (QED) is 0.498. The van der Waals surface area contributed by atoms with Crippen LogP contribution in [-0.2, 0) is 9.53 Å². The molecule has 30 heavy (non-hydrogen) atoms. The predicted octanol–water partition coefficient (Wildman–Crippen LogP) is 5.41. The molecule has 0 spiro atoms. The van der Waals surface area contributed by atoms with Gasteiger partial charge in [-0.3, -0.25) is 4.79 Å². The second-order valence-corrected chi connectivity index (χ2v) is 8.79. The van der Waals surface area contributed by atoms with Gasteiger partial charge in [0.25, 0.3) is 0 Å². The lowest BCUT2D eigenvalue weighted by Crippen LogP contribution is -2.26. The molecular weight excluding hydrogens is 434 g/mol. The largest absolute Gasteiger partial charge is 0.465 e. The summed E-state index contributed by atoms with van der Waals surface area (Å²) in [5, 5.41) is 0.0159. The van der Waals surface area contributed by atoms with Gasteiger partial charge in [-0.15, -0.1) is 11.8 Å². The van der Waals surface area contributed by atoms with E-state index >= 15 is 0 Å². The van der Waals surface area contributed by atoms with Gasteiger partial charge in [-0.1, -0.05) is 17.7 Å². The van der Waals surface area contributed by atoms with Gasteiger partial charge in [0.05, 0.1) is 23.7 Å². The van der Waals surface area contributed by atoms with Crippen LogP contribution in [0.3, 0.4) is 0 Å². The van der Waals surface area contributed by atoms with Gasteiger partial charge in [0, 0.05) is 21.4 Å². The Morgan fingerprint density at radius 3 is 2.97 bits per heavy atom. The van der Waals surface area contributed by atoms with Gasteiger partial charge in [0.15, 0.2) is 0 Å². The number of hydrogen-bond donors (Lipinski definition) is 0. The van der Waals surface area contributed by atoms with E-state index in [9.17, 15) is 13.6 Å². The number of carbonyl (C=O) groups is 1. The molecule has 1 unspecified atom stereocenters. The zero-order valence-electron chi connectivity index (χ0n) is 15.8. The monoisotopic (exact) mass is 450 g/mol.